The number of nitrogens with two attached hydrogens (primary N) is 1. The predicted molar refractivity (Wildman–Crippen MR) is 102 cm³/mol. The van der Waals surface area contributed by atoms with Crippen LogP contribution in [0.4, 0.5) is 0 Å². The molecule has 3 rings (SSSR count). The monoisotopic (exact) mass is 336 g/mol. The van der Waals surface area contributed by atoms with E-state index in [1.54, 1.807) is 0 Å². The van der Waals surface area contributed by atoms with Gasteiger partial charge in [0.05, 0.1) is 0 Å². The Kier molecular flexibility index (Phi) is 5.24. The second kappa shape index (κ2) is 7.40. The van der Waals surface area contributed by atoms with Gasteiger partial charge in [-0.3, -0.25) is 4.79 Å². The predicted octanol–water partition coefficient (Wildman–Crippen LogP) is 3.58. The van der Waals surface area contributed by atoms with Gasteiger partial charge in [-0.15, -0.1) is 0 Å². The van der Waals surface area contributed by atoms with Crippen LogP contribution in [0, 0.1) is 5.92 Å². The van der Waals surface area contributed by atoms with Crippen molar-refractivity contribution in [2.75, 3.05) is 13.1 Å². The molecule has 0 spiro atoms. The van der Waals surface area contributed by atoms with E-state index in [-0.39, 0.29) is 17.9 Å². The molecule has 2 N–H and O–H groups in total. The van der Waals surface area contributed by atoms with E-state index in [9.17, 15) is 4.79 Å². The Morgan fingerprint density at radius 3 is 2.00 bits per heavy atom. The summed E-state index contributed by atoms with van der Waals surface area (Å²) in [5.74, 6) is 0.456. The lowest BCUT2D eigenvalue weighted by atomic mass is 9.66. The minimum absolute atomic E-state index is 0.196. The molecule has 1 aliphatic heterocycles. The van der Waals surface area contributed by atoms with Crippen LogP contribution >= 0.6 is 0 Å². The van der Waals surface area contributed by atoms with Crippen molar-refractivity contribution in [1.82, 2.24) is 4.90 Å². The van der Waals surface area contributed by atoms with E-state index >= 15 is 0 Å². The van der Waals surface area contributed by atoms with Crippen LogP contribution in [0.25, 0.3) is 0 Å². The van der Waals surface area contributed by atoms with Gasteiger partial charge in [0.25, 0.3) is 0 Å². The van der Waals surface area contributed by atoms with Crippen LogP contribution in [0.1, 0.15) is 37.8 Å². The minimum Gasteiger partial charge on any atom is -0.339 e. The van der Waals surface area contributed by atoms with Crippen molar-refractivity contribution in [3.8, 4) is 0 Å². The summed E-state index contributed by atoms with van der Waals surface area (Å²) in [6, 6.07) is 20.8. The van der Waals surface area contributed by atoms with Gasteiger partial charge in [0, 0.05) is 12.6 Å². The molecule has 1 atom stereocenters. The molecule has 3 nitrogen and oxygen atoms in total. The average Bonchev–Trinajstić information content (AvgIpc) is 2.95. The van der Waals surface area contributed by atoms with E-state index < -0.39 is 5.41 Å². The Morgan fingerprint density at radius 2 is 1.56 bits per heavy atom. The zero-order valence-corrected chi connectivity index (χ0v) is 15.2. The van der Waals surface area contributed by atoms with Crippen molar-refractivity contribution >= 4 is 5.91 Å². The second-order valence-corrected chi connectivity index (χ2v) is 7.22. The van der Waals surface area contributed by atoms with Gasteiger partial charge in [-0.1, -0.05) is 60.7 Å². The maximum absolute atomic E-state index is 13.7. The van der Waals surface area contributed by atoms with Crippen molar-refractivity contribution in [2.45, 2.75) is 38.1 Å². The van der Waals surface area contributed by atoms with Crippen LogP contribution in [0.3, 0.4) is 0 Å². The molecule has 1 unspecified atom stereocenters. The van der Waals surface area contributed by atoms with Crippen molar-refractivity contribution in [1.29, 1.82) is 0 Å². The number of amides is 1. The van der Waals surface area contributed by atoms with E-state index in [4.69, 9.17) is 5.73 Å². The van der Waals surface area contributed by atoms with Crippen LogP contribution in [-0.4, -0.2) is 29.9 Å². The average molecular weight is 336 g/mol. The molecule has 1 amide bonds. The Morgan fingerprint density at radius 1 is 1.04 bits per heavy atom. The van der Waals surface area contributed by atoms with Gasteiger partial charge in [0.2, 0.25) is 5.91 Å². The van der Waals surface area contributed by atoms with Gasteiger partial charge in [-0.05, 0) is 50.3 Å². The van der Waals surface area contributed by atoms with Gasteiger partial charge in [-0.25, -0.2) is 0 Å². The first-order chi connectivity index (χ1) is 12.1. The summed E-state index contributed by atoms with van der Waals surface area (Å²) in [5, 5.41) is 0. The number of rotatable bonds is 6. The molecular formula is C22H28N2O. The van der Waals surface area contributed by atoms with E-state index in [1.165, 1.54) is 0 Å². The summed E-state index contributed by atoms with van der Waals surface area (Å²) in [6.45, 7) is 5.65. The first-order valence-electron chi connectivity index (χ1n) is 9.24. The number of carbonyl (C=O) groups excluding carboxylic acids is 1. The third-order valence-electron chi connectivity index (χ3n) is 5.47. The molecule has 2 aromatic rings. The molecule has 1 heterocycles. The highest BCUT2D eigenvalue weighted by molar-refractivity contribution is 5.95. The zero-order chi connectivity index (χ0) is 17.9. The largest absolute Gasteiger partial charge is 0.339 e. The van der Waals surface area contributed by atoms with Crippen molar-refractivity contribution in [2.24, 2.45) is 11.7 Å². The molecule has 0 radical (unpaired) electrons. The first-order valence-corrected chi connectivity index (χ1v) is 9.24. The van der Waals surface area contributed by atoms with Gasteiger partial charge < -0.3 is 10.6 Å². The standard InChI is InChI=1S/C22H28N2O/c1-17(2)24-16-20(14-9-15-23)22(21(24)25,18-10-5-3-6-11-18)19-12-7-4-8-13-19/h3-8,10-13,17,20H,9,14-16,23H2,1-2H3. The lowest BCUT2D eigenvalue weighted by Gasteiger charge is -2.34. The molecule has 1 fully saturated rings. The molecule has 3 heteroatoms. The molecule has 25 heavy (non-hydrogen) atoms. The number of carbonyl (C=O) groups is 1. The molecular weight excluding hydrogens is 308 g/mol. The quantitative estimate of drug-likeness (QED) is 0.876. The molecule has 0 saturated carbocycles. The summed E-state index contributed by atoms with van der Waals surface area (Å²) in [7, 11) is 0. The van der Waals surface area contributed by atoms with Crippen molar-refractivity contribution in [3.63, 3.8) is 0 Å². The summed E-state index contributed by atoms with van der Waals surface area (Å²) in [6.07, 6.45) is 1.89. The van der Waals surface area contributed by atoms with Gasteiger partial charge in [0.15, 0.2) is 0 Å². The Hall–Kier alpha value is -2.13. The summed E-state index contributed by atoms with van der Waals surface area (Å²) < 4.78 is 0. The van der Waals surface area contributed by atoms with E-state index in [0.717, 1.165) is 30.5 Å². The van der Waals surface area contributed by atoms with Crippen LogP contribution < -0.4 is 5.73 Å². The maximum atomic E-state index is 13.7. The number of hydrogen-bond donors (Lipinski definition) is 1. The van der Waals surface area contributed by atoms with E-state index in [0.29, 0.717) is 6.54 Å². The topological polar surface area (TPSA) is 46.3 Å². The fraction of sp³-hybridized carbons (Fsp3) is 0.409. The fourth-order valence-electron chi connectivity index (χ4n) is 4.26. The number of nitrogens with zero attached hydrogens (tertiary/aromatic N) is 1. The summed E-state index contributed by atoms with van der Waals surface area (Å²) in [5.41, 5.74) is 7.38. The van der Waals surface area contributed by atoms with Crippen LogP contribution in [0.15, 0.2) is 60.7 Å². The van der Waals surface area contributed by atoms with Gasteiger partial charge >= 0.3 is 0 Å². The highest BCUT2D eigenvalue weighted by Gasteiger charge is 2.55. The maximum Gasteiger partial charge on any atom is 0.238 e. The van der Waals surface area contributed by atoms with E-state index in [1.807, 2.05) is 41.3 Å². The lowest BCUT2D eigenvalue weighted by molar-refractivity contribution is -0.132. The van der Waals surface area contributed by atoms with Gasteiger partial charge in [0.1, 0.15) is 5.41 Å². The number of likely N-dealkylation sites (tertiary alicyclic amines) is 1. The summed E-state index contributed by atoms with van der Waals surface area (Å²) >= 11 is 0. The van der Waals surface area contributed by atoms with E-state index in [2.05, 4.69) is 38.1 Å². The smallest absolute Gasteiger partial charge is 0.238 e. The molecule has 1 aliphatic rings. The Balaban J connectivity index is 2.21. The number of hydrogen-bond acceptors (Lipinski definition) is 2. The molecule has 2 aromatic carbocycles. The van der Waals surface area contributed by atoms with Crippen molar-refractivity contribution in [3.05, 3.63) is 71.8 Å². The fourth-order valence-corrected chi connectivity index (χ4v) is 4.26. The van der Waals surface area contributed by atoms with Crippen LogP contribution in [-0.2, 0) is 10.2 Å². The lowest BCUT2D eigenvalue weighted by Crippen LogP contribution is -2.43. The third-order valence-corrected chi connectivity index (χ3v) is 5.47. The SMILES string of the molecule is CC(C)N1CC(CCCN)C(c2ccccc2)(c2ccccc2)C1=O. The van der Waals surface area contributed by atoms with Crippen molar-refractivity contribution < 1.29 is 4.79 Å². The van der Waals surface area contributed by atoms with Crippen LogP contribution in [0.2, 0.25) is 0 Å². The Bertz CT molecular complexity index is 657. The zero-order valence-electron chi connectivity index (χ0n) is 15.2. The highest BCUT2D eigenvalue weighted by Crippen LogP contribution is 2.48. The number of benzene rings is 2. The Labute approximate surface area is 150 Å². The first kappa shape index (κ1) is 17.7. The molecule has 132 valence electrons. The molecule has 0 bridgehead atoms. The molecule has 1 saturated heterocycles. The molecule has 0 aromatic heterocycles. The minimum atomic E-state index is -0.609. The van der Waals surface area contributed by atoms with Gasteiger partial charge in [-0.2, -0.15) is 0 Å². The highest BCUT2D eigenvalue weighted by atomic mass is 16.2. The molecule has 0 aliphatic carbocycles. The second-order valence-electron chi connectivity index (χ2n) is 7.22. The third kappa shape index (κ3) is 2.98. The van der Waals surface area contributed by atoms with Crippen LogP contribution in [0.5, 0.6) is 0 Å². The normalized spacial score (nSPS) is 19.6. The summed E-state index contributed by atoms with van der Waals surface area (Å²) in [4.78, 5) is 15.8.